The van der Waals surface area contributed by atoms with E-state index in [1.54, 1.807) is 0 Å². The summed E-state index contributed by atoms with van der Waals surface area (Å²) in [4.78, 5) is 0. The van der Waals surface area contributed by atoms with Crippen LogP contribution in [0, 0.1) is 0 Å². The largest absolute Gasteiger partial charge is 0.417 e. The lowest BCUT2D eigenvalue weighted by Crippen LogP contribution is -2.17. The number of alkyl halides is 12. The third-order valence-electron chi connectivity index (χ3n) is 4.35. The third kappa shape index (κ3) is 5.27. The van der Waals surface area contributed by atoms with E-state index >= 15 is 0 Å². The summed E-state index contributed by atoms with van der Waals surface area (Å²) in [5.41, 5.74) is -10.9. The molecule has 0 aromatic heterocycles. The van der Waals surface area contributed by atoms with Gasteiger partial charge in [0.2, 0.25) is 0 Å². The van der Waals surface area contributed by atoms with Crippen molar-refractivity contribution in [3.8, 4) is 11.1 Å². The first-order valence-corrected chi connectivity index (χ1v) is 8.35. The van der Waals surface area contributed by atoms with Crippen molar-refractivity contribution >= 4 is 0 Å². The molecule has 0 nitrogen and oxygen atoms in total. The van der Waals surface area contributed by atoms with Crippen molar-refractivity contribution in [1.29, 1.82) is 0 Å². The van der Waals surface area contributed by atoms with Gasteiger partial charge >= 0.3 is 24.7 Å². The van der Waals surface area contributed by atoms with E-state index in [-0.39, 0.29) is 30.3 Å². The van der Waals surface area contributed by atoms with E-state index in [0.29, 0.717) is 0 Å². The van der Waals surface area contributed by atoms with Gasteiger partial charge in [-0.25, -0.2) is 0 Å². The molecule has 0 spiro atoms. The van der Waals surface area contributed by atoms with Crippen LogP contribution in [-0.2, 0) is 24.7 Å². The predicted molar refractivity (Wildman–Crippen MR) is 86.0 cm³/mol. The van der Waals surface area contributed by atoms with Crippen LogP contribution in [0.2, 0.25) is 0 Å². The molecule has 0 aliphatic heterocycles. The van der Waals surface area contributed by atoms with Gasteiger partial charge in [-0.05, 0) is 46.9 Å². The number of rotatable bonds is 2. The summed E-state index contributed by atoms with van der Waals surface area (Å²) in [6.07, 6.45) is -21.5. The number of halogens is 12. The van der Waals surface area contributed by atoms with Crippen LogP contribution in [0.3, 0.4) is 0 Å². The number of benzene rings is 2. The highest BCUT2D eigenvalue weighted by atomic mass is 19.4. The Balaban J connectivity index is 3.06. The summed E-state index contributed by atoms with van der Waals surface area (Å²) in [6, 6.07) is -0.106. The van der Waals surface area contributed by atoms with Crippen LogP contribution < -0.4 is 0 Å². The zero-order valence-electron chi connectivity index (χ0n) is 15.5. The molecule has 172 valence electrons. The highest BCUT2D eigenvalue weighted by Gasteiger charge is 2.43. The predicted octanol–water partition coefficient (Wildman–Crippen LogP) is 8.55. The lowest BCUT2D eigenvalue weighted by Gasteiger charge is -2.24. The van der Waals surface area contributed by atoms with E-state index < -0.39 is 69.6 Å². The molecule has 0 aliphatic carbocycles. The smallest absolute Gasteiger partial charge is 0.166 e. The molecule has 0 heterocycles. The Morgan fingerprint density at radius 3 is 1.39 bits per heavy atom. The summed E-state index contributed by atoms with van der Waals surface area (Å²) in [6.45, 7) is 2.30. The van der Waals surface area contributed by atoms with Gasteiger partial charge in [0.15, 0.2) is 0 Å². The fourth-order valence-corrected chi connectivity index (χ4v) is 2.98. The second-order valence-electron chi connectivity index (χ2n) is 6.89. The molecule has 2 aromatic carbocycles. The quantitative estimate of drug-likeness (QED) is 0.388. The minimum Gasteiger partial charge on any atom is -0.166 e. The molecule has 0 radical (unpaired) electrons. The molecule has 0 bridgehead atoms. The van der Waals surface area contributed by atoms with Crippen molar-refractivity contribution < 1.29 is 52.7 Å². The summed E-state index contributed by atoms with van der Waals surface area (Å²) < 4.78 is 159. The Morgan fingerprint density at radius 1 is 0.548 bits per heavy atom. The second kappa shape index (κ2) is 7.63. The minimum absolute atomic E-state index is 0.145. The van der Waals surface area contributed by atoms with Crippen molar-refractivity contribution in [1.82, 2.24) is 0 Å². The van der Waals surface area contributed by atoms with Gasteiger partial charge in [-0.2, -0.15) is 52.7 Å². The van der Waals surface area contributed by atoms with Gasteiger partial charge in [0.05, 0.1) is 22.3 Å². The monoisotopic (exact) mass is 468 g/mol. The van der Waals surface area contributed by atoms with Crippen molar-refractivity contribution in [3.63, 3.8) is 0 Å². The molecule has 0 unspecified atom stereocenters. The van der Waals surface area contributed by atoms with Gasteiger partial charge < -0.3 is 0 Å². The Hall–Kier alpha value is -2.40. The molecular weight excluding hydrogens is 456 g/mol. The van der Waals surface area contributed by atoms with Crippen molar-refractivity contribution in [2.75, 3.05) is 0 Å². The van der Waals surface area contributed by atoms with E-state index in [1.165, 1.54) is 0 Å². The first-order chi connectivity index (χ1) is 13.7. The van der Waals surface area contributed by atoms with Crippen molar-refractivity contribution in [2.45, 2.75) is 44.5 Å². The topological polar surface area (TPSA) is 0 Å². The van der Waals surface area contributed by atoms with Gasteiger partial charge in [-0.3, -0.25) is 0 Å². The zero-order valence-corrected chi connectivity index (χ0v) is 15.5. The van der Waals surface area contributed by atoms with Crippen LogP contribution >= 0.6 is 0 Å². The van der Waals surface area contributed by atoms with Gasteiger partial charge in [0.1, 0.15) is 0 Å². The van der Waals surface area contributed by atoms with Crippen LogP contribution in [0.5, 0.6) is 0 Å². The fraction of sp³-hybridized carbons (Fsp3) is 0.368. The summed E-state index contributed by atoms with van der Waals surface area (Å²) >= 11 is 0. The SMILES string of the molecule is CC(C)c1cc(C(F)(F)F)cc(C(F)(F)F)c1-c1ccc(C(F)(F)F)cc1C(F)(F)F. The van der Waals surface area contributed by atoms with E-state index in [2.05, 4.69) is 0 Å². The van der Waals surface area contributed by atoms with Crippen LogP contribution in [0.1, 0.15) is 47.6 Å². The Morgan fingerprint density at radius 2 is 1.00 bits per heavy atom. The lowest BCUT2D eigenvalue weighted by atomic mass is 9.84. The zero-order chi connectivity index (χ0) is 24.2. The summed E-state index contributed by atoms with van der Waals surface area (Å²) in [5.74, 6) is -1.12. The van der Waals surface area contributed by atoms with Crippen LogP contribution in [0.25, 0.3) is 11.1 Å². The maximum atomic E-state index is 13.6. The minimum atomic E-state index is -5.52. The highest BCUT2D eigenvalue weighted by molar-refractivity contribution is 5.77. The Kier molecular flexibility index (Phi) is 6.12. The molecule has 0 saturated heterocycles. The molecule has 0 N–H and O–H groups in total. The molecule has 0 aliphatic rings. The van der Waals surface area contributed by atoms with Gasteiger partial charge in [0.25, 0.3) is 0 Å². The van der Waals surface area contributed by atoms with Gasteiger partial charge in [-0.1, -0.05) is 19.9 Å². The first kappa shape index (κ1) is 24.9. The molecule has 0 atom stereocenters. The Bertz CT molecular complexity index is 956. The fourth-order valence-electron chi connectivity index (χ4n) is 2.98. The average molecular weight is 468 g/mol. The first-order valence-electron chi connectivity index (χ1n) is 8.35. The standard InChI is InChI=1S/C19H12F12/c1-8(2)12-5-10(17(23,24)25)7-14(19(29,30)31)15(12)11-4-3-9(16(20,21)22)6-13(11)18(26,27)28/h3-8H,1-2H3. The third-order valence-corrected chi connectivity index (χ3v) is 4.35. The second-order valence-corrected chi connectivity index (χ2v) is 6.89. The Labute approximate surface area is 167 Å². The average Bonchev–Trinajstić information content (AvgIpc) is 2.56. The van der Waals surface area contributed by atoms with Crippen LogP contribution in [-0.4, -0.2) is 0 Å². The molecule has 0 saturated carbocycles. The number of hydrogen-bond acceptors (Lipinski definition) is 0. The molecule has 0 amide bonds. The molecule has 2 rings (SSSR count). The van der Waals surface area contributed by atoms with E-state index in [9.17, 15) is 52.7 Å². The molecule has 31 heavy (non-hydrogen) atoms. The molecular formula is C19H12F12. The molecule has 0 fully saturated rings. The van der Waals surface area contributed by atoms with Crippen molar-refractivity contribution in [3.05, 3.63) is 58.1 Å². The molecule has 12 heteroatoms. The number of hydrogen-bond donors (Lipinski definition) is 0. The maximum Gasteiger partial charge on any atom is 0.417 e. The normalized spacial score (nSPS) is 13.8. The van der Waals surface area contributed by atoms with Gasteiger partial charge in [0, 0.05) is 0 Å². The lowest BCUT2D eigenvalue weighted by molar-refractivity contribution is -0.145. The van der Waals surface area contributed by atoms with E-state index in [1.807, 2.05) is 0 Å². The highest BCUT2D eigenvalue weighted by Crippen LogP contribution is 2.48. The van der Waals surface area contributed by atoms with Crippen LogP contribution in [0.4, 0.5) is 52.7 Å². The van der Waals surface area contributed by atoms with Gasteiger partial charge in [-0.15, -0.1) is 0 Å². The van der Waals surface area contributed by atoms with E-state index in [4.69, 9.17) is 0 Å². The van der Waals surface area contributed by atoms with E-state index in [0.717, 1.165) is 13.8 Å². The molecule has 2 aromatic rings. The summed E-state index contributed by atoms with van der Waals surface area (Å²) in [7, 11) is 0. The van der Waals surface area contributed by atoms with Crippen LogP contribution in [0.15, 0.2) is 30.3 Å². The van der Waals surface area contributed by atoms with Crippen molar-refractivity contribution in [2.24, 2.45) is 0 Å². The summed E-state index contributed by atoms with van der Waals surface area (Å²) in [5, 5.41) is 0. The maximum absolute atomic E-state index is 13.6.